The van der Waals surface area contributed by atoms with Crippen LogP contribution >= 0.6 is 34.8 Å². The van der Waals surface area contributed by atoms with E-state index in [-0.39, 0.29) is 28.2 Å². The van der Waals surface area contributed by atoms with Gasteiger partial charge in [0, 0.05) is 6.54 Å². The highest BCUT2D eigenvalue weighted by atomic mass is 35.5. The number of anilines is 1. The Morgan fingerprint density at radius 3 is 2.11 bits per heavy atom. The van der Waals surface area contributed by atoms with Crippen LogP contribution in [0.2, 0.25) is 10.0 Å². The van der Waals surface area contributed by atoms with E-state index in [2.05, 4.69) is 5.32 Å². The minimum atomic E-state index is -4.51. The van der Waals surface area contributed by atoms with Gasteiger partial charge in [-0.1, -0.05) is 23.2 Å². The van der Waals surface area contributed by atoms with E-state index < -0.39 is 17.8 Å². The van der Waals surface area contributed by atoms with Crippen LogP contribution in [0.4, 0.5) is 18.9 Å². The summed E-state index contributed by atoms with van der Waals surface area (Å²) in [5.74, 6) is -0.0110. The van der Waals surface area contributed by atoms with Crippen molar-refractivity contribution in [2.75, 3.05) is 17.7 Å². The number of aliphatic hydroxyl groups excluding tert-OH is 1. The van der Waals surface area contributed by atoms with E-state index >= 15 is 0 Å². The molecule has 1 aromatic rings. The highest BCUT2D eigenvalue weighted by Crippen LogP contribution is 2.38. The standard InChI is InChI=1S/C10H9Cl3F3NO/c11-3-6(18)4-17-9-7(12)1-5(2-8(9)13)10(14,15)16/h1-2,6,17-18H,3-4H2. The summed E-state index contributed by atoms with van der Waals surface area (Å²) in [4.78, 5) is 0. The quantitative estimate of drug-likeness (QED) is 0.821. The summed E-state index contributed by atoms with van der Waals surface area (Å²) >= 11 is 16.8. The van der Waals surface area contributed by atoms with Crippen molar-refractivity contribution < 1.29 is 18.3 Å². The van der Waals surface area contributed by atoms with Crippen LogP contribution in [0.25, 0.3) is 0 Å². The van der Waals surface area contributed by atoms with Gasteiger partial charge in [-0.25, -0.2) is 0 Å². The second kappa shape index (κ2) is 6.19. The van der Waals surface area contributed by atoms with Crippen LogP contribution in [0.15, 0.2) is 12.1 Å². The Bertz CT molecular complexity index is 402. The number of aliphatic hydroxyl groups is 1. The lowest BCUT2D eigenvalue weighted by atomic mass is 10.2. The molecule has 2 nitrogen and oxygen atoms in total. The third-order valence-corrected chi connectivity index (χ3v) is 3.01. The average Bonchev–Trinajstić information content (AvgIpc) is 2.26. The molecular formula is C10H9Cl3F3NO. The summed E-state index contributed by atoms with van der Waals surface area (Å²) in [5, 5.41) is 11.5. The minimum absolute atomic E-state index is 0.0110. The van der Waals surface area contributed by atoms with E-state index in [1.54, 1.807) is 0 Å². The minimum Gasteiger partial charge on any atom is -0.390 e. The molecule has 18 heavy (non-hydrogen) atoms. The third-order valence-electron chi connectivity index (χ3n) is 2.06. The van der Waals surface area contributed by atoms with Crippen molar-refractivity contribution in [3.63, 3.8) is 0 Å². The van der Waals surface area contributed by atoms with Crippen LogP contribution in [-0.2, 0) is 6.18 Å². The Kier molecular flexibility index (Phi) is 5.40. The van der Waals surface area contributed by atoms with Crippen molar-refractivity contribution >= 4 is 40.5 Å². The molecule has 0 fully saturated rings. The Morgan fingerprint density at radius 1 is 1.22 bits per heavy atom. The number of benzene rings is 1. The fourth-order valence-corrected chi connectivity index (χ4v) is 1.91. The number of hydrogen-bond donors (Lipinski definition) is 2. The zero-order chi connectivity index (χ0) is 13.9. The first-order valence-corrected chi connectivity index (χ1v) is 6.09. The lowest BCUT2D eigenvalue weighted by Crippen LogP contribution is -2.21. The molecule has 0 spiro atoms. The van der Waals surface area contributed by atoms with E-state index in [0.717, 1.165) is 12.1 Å². The van der Waals surface area contributed by atoms with Crippen LogP contribution in [0.5, 0.6) is 0 Å². The molecule has 0 aliphatic heterocycles. The number of alkyl halides is 4. The summed E-state index contributed by atoms with van der Waals surface area (Å²) in [7, 11) is 0. The van der Waals surface area contributed by atoms with Gasteiger partial charge in [0.15, 0.2) is 0 Å². The van der Waals surface area contributed by atoms with E-state index in [1.165, 1.54) is 0 Å². The predicted octanol–water partition coefficient (Wildman–Crippen LogP) is 4.02. The molecular weight excluding hydrogens is 313 g/mol. The molecule has 0 saturated carbocycles. The van der Waals surface area contributed by atoms with E-state index in [9.17, 15) is 18.3 Å². The van der Waals surface area contributed by atoms with Crippen LogP contribution in [0, 0.1) is 0 Å². The predicted molar refractivity (Wildman–Crippen MR) is 66.7 cm³/mol. The first kappa shape index (κ1) is 15.7. The molecule has 0 aliphatic rings. The summed E-state index contributed by atoms with van der Waals surface area (Å²) in [6, 6.07) is 1.53. The first-order valence-electron chi connectivity index (χ1n) is 4.80. The molecule has 102 valence electrons. The maximum absolute atomic E-state index is 12.5. The molecule has 0 saturated heterocycles. The maximum atomic E-state index is 12.5. The van der Waals surface area contributed by atoms with Gasteiger partial charge in [-0.2, -0.15) is 13.2 Å². The fraction of sp³-hybridized carbons (Fsp3) is 0.400. The molecule has 0 bridgehead atoms. The summed E-state index contributed by atoms with van der Waals surface area (Å²) in [6.07, 6.45) is -5.36. The number of hydrogen-bond acceptors (Lipinski definition) is 2. The van der Waals surface area contributed by atoms with E-state index in [0.29, 0.717) is 0 Å². The smallest absolute Gasteiger partial charge is 0.390 e. The van der Waals surface area contributed by atoms with Crippen molar-refractivity contribution in [3.05, 3.63) is 27.7 Å². The molecule has 1 unspecified atom stereocenters. The largest absolute Gasteiger partial charge is 0.416 e. The highest BCUT2D eigenvalue weighted by Gasteiger charge is 2.32. The highest BCUT2D eigenvalue weighted by molar-refractivity contribution is 6.39. The summed E-state index contributed by atoms with van der Waals surface area (Å²) in [6.45, 7) is 0.0360. The van der Waals surface area contributed by atoms with Crippen molar-refractivity contribution in [1.82, 2.24) is 0 Å². The fourth-order valence-electron chi connectivity index (χ4n) is 1.18. The van der Waals surface area contributed by atoms with Gasteiger partial charge in [-0.15, -0.1) is 11.6 Å². The van der Waals surface area contributed by atoms with Gasteiger partial charge < -0.3 is 10.4 Å². The monoisotopic (exact) mass is 321 g/mol. The molecule has 0 aromatic heterocycles. The molecule has 1 rings (SSSR count). The summed E-state index contributed by atoms with van der Waals surface area (Å²) < 4.78 is 37.4. The van der Waals surface area contributed by atoms with Crippen molar-refractivity contribution in [1.29, 1.82) is 0 Å². The number of rotatable bonds is 4. The molecule has 0 aliphatic carbocycles. The van der Waals surface area contributed by atoms with E-state index in [1.807, 2.05) is 0 Å². The molecule has 0 amide bonds. The molecule has 1 atom stereocenters. The average molecular weight is 323 g/mol. The molecule has 1 aromatic carbocycles. The Labute approximate surface area is 117 Å². The van der Waals surface area contributed by atoms with Crippen molar-refractivity contribution in [2.24, 2.45) is 0 Å². The number of halogens is 6. The van der Waals surface area contributed by atoms with Crippen LogP contribution in [0.1, 0.15) is 5.56 Å². The van der Waals surface area contributed by atoms with Gasteiger partial charge in [0.2, 0.25) is 0 Å². The lowest BCUT2D eigenvalue weighted by molar-refractivity contribution is -0.137. The Hall–Kier alpha value is -0.360. The zero-order valence-electron chi connectivity index (χ0n) is 8.86. The van der Waals surface area contributed by atoms with Gasteiger partial charge in [-0.3, -0.25) is 0 Å². The Balaban J connectivity index is 2.95. The molecule has 0 radical (unpaired) electrons. The van der Waals surface area contributed by atoms with Crippen molar-refractivity contribution in [3.8, 4) is 0 Å². The topological polar surface area (TPSA) is 32.3 Å². The zero-order valence-corrected chi connectivity index (χ0v) is 11.1. The summed E-state index contributed by atoms with van der Waals surface area (Å²) in [5.41, 5.74) is -0.795. The lowest BCUT2D eigenvalue weighted by Gasteiger charge is -2.15. The second-order valence-corrected chi connectivity index (χ2v) is 4.62. The molecule has 0 heterocycles. The van der Waals surface area contributed by atoms with Gasteiger partial charge in [0.25, 0.3) is 0 Å². The molecule has 8 heteroatoms. The van der Waals surface area contributed by atoms with Crippen LogP contribution < -0.4 is 5.32 Å². The van der Waals surface area contributed by atoms with Gasteiger partial charge in [0.05, 0.1) is 33.3 Å². The second-order valence-electron chi connectivity index (χ2n) is 3.50. The van der Waals surface area contributed by atoms with Crippen LogP contribution in [0.3, 0.4) is 0 Å². The normalized spacial score (nSPS) is 13.5. The van der Waals surface area contributed by atoms with Gasteiger partial charge in [-0.05, 0) is 12.1 Å². The number of nitrogens with one attached hydrogen (secondary N) is 1. The maximum Gasteiger partial charge on any atom is 0.416 e. The molecule has 2 N–H and O–H groups in total. The van der Waals surface area contributed by atoms with Crippen molar-refractivity contribution in [2.45, 2.75) is 12.3 Å². The third kappa shape index (κ3) is 4.09. The van der Waals surface area contributed by atoms with Gasteiger partial charge in [0.1, 0.15) is 0 Å². The SMILES string of the molecule is OC(CCl)CNc1c(Cl)cc(C(F)(F)F)cc1Cl. The van der Waals surface area contributed by atoms with Crippen LogP contribution in [-0.4, -0.2) is 23.6 Å². The first-order chi connectivity index (χ1) is 8.25. The van der Waals surface area contributed by atoms with Gasteiger partial charge >= 0.3 is 6.18 Å². The van der Waals surface area contributed by atoms with E-state index in [4.69, 9.17) is 34.8 Å². The Morgan fingerprint density at radius 2 is 1.72 bits per heavy atom.